The van der Waals surface area contributed by atoms with E-state index in [2.05, 4.69) is 22.2 Å². The Morgan fingerprint density at radius 2 is 2.19 bits per heavy atom. The number of methoxy groups -OCH3 is 1. The van der Waals surface area contributed by atoms with E-state index in [0.29, 0.717) is 51.2 Å². The van der Waals surface area contributed by atoms with Gasteiger partial charge in [0, 0.05) is 37.9 Å². The molecule has 2 aliphatic rings. The van der Waals surface area contributed by atoms with Crippen molar-refractivity contribution in [1.29, 1.82) is 0 Å². The number of aromatic nitrogens is 2. The van der Waals surface area contributed by atoms with Gasteiger partial charge in [-0.1, -0.05) is 6.92 Å². The highest BCUT2D eigenvalue weighted by Crippen LogP contribution is 2.30. The smallest absolute Gasteiger partial charge is 0.226 e. The molecule has 1 aliphatic carbocycles. The Hall–Kier alpha value is -1.93. The Bertz CT molecular complexity index is 609. The van der Waals surface area contributed by atoms with E-state index in [-0.39, 0.29) is 24.0 Å². The average molecular weight is 378 g/mol. The molecule has 8 heteroatoms. The number of nitrogens with one attached hydrogen (secondary N) is 1. The highest BCUT2D eigenvalue weighted by molar-refractivity contribution is 5.79. The summed E-state index contributed by atoms with van der Waals surface area (Å²) in [5, 5.41) is 3.38. The van der Waals surface area contributed by atoms with Crippen LogP contribution in [0.4, 0.5) is 5.95 Å². The van der Waals surface area contributed by atoms with Gasteiger partial charge in [-0.15, -0.1) is 0 Å². The first-order chi connectivity index (χ1) is 13.2. The van der Waals surface area contributed by atoms with Crippen molar-refractivity contribution in [2.75, 3.05) is 45.3 Å². The van der Waals surface area contributed by atoms with Crippen LogP contribution in [-0.2, 0) is 14.3 Å². The van der Waals surface area contributed by atoms with E-state index in [9.17, 15) is 4.79 Å². The molecule has 8 nitrogen and oxygen atoms in total. The Balaban J connectivity index is 1.68. The third-order valence-electron chi connectivity index (χ3n) is 5.15. The van der Waals surface area contributed by atoms with Gasteiger partial charge in [-0.25, -0.2) is 4.98 Å². The molecule has 150 valence electrons. The summed E-state index contributed by atoms with van der Waals surface area (Å²) in [5.74, 6) is 1.23. The van der Waals surface area contributed by atoms with Crippen LogP contribution in [-0.4, -0.2) is 72.9 Å². The molecule has 3 rings (SSSR count). The minimum absolute atomic E-state index is 0.00677. The molecule has 0 radical (unpaired) electrons. The van der Waals surface area contributed by atoms with E-state index in [0.717, 1.165) is 19.3 Å². The molecular formula is C19H30N4O4. The van der Waals surface area contributed by atoms with Crippen molar-refractivity contribution >= 4 is 11.9 Å². The summed E-state index contributed by atoms with van der Waals surface area (Å²) in [7, 11) is 1.58. The van der Waals surface area contributed by atoms with Gasteiger partial charge in [-0.3, -0.25) is 4.79 Å². The largest absolute Gasteiger partial charge is 0.481 e. The summed E-state index contributed by atoms with van der Waals surface area (Å²) < 4.78 is 16.6. The van der Waals surface area contributed by atoms with Crippen LogP contribution in [0.25, 0.3) is 0 Å². The van der Waals surface area contributed by atoms with Crippen molar-refractivity contribution in [3.63, 3.8) is 0 Å². The molecule has 2 heterocycles. The van der Waals surface area contributed by atoms with Crippen LogP contribution < -0.4 is 10.1 Å². The maximum atomic E-state index is 12.9. The Morgan fingerprint density at radius 1 is 1.37 bits per heavy atom. The van der Waals surface area contributed by atoms with Crippen molar-refractivity contribution in [2.45, 2.75) is 44.8 Å². The minimum atomic E-state index is -0.00704. The highest BCUT2D eigenvalue weighted by atomic mass is 16.5. The summed E-state index contributed by atoms with van der Waals surface area (Å²) >= 11 is 0. The van der Waals surface area contributed by atoms with Crippen molar-refractivity contribution in [3.05, 3.63) is 12.3 Å². The van der Waals surface area contributed by atoms with E-state index < -0.39 is 0 Å². The summed E-state index contributed by atoms with van der Waals surface area (Å²) in [6, 6.07) is 1.70. The molecule has 1 aromatic rings. The highest BCUT2D eigenvalue weighted by Gasteiger charge is 2.37. The van der Waals surface area contributed by atoms with Gasteiger partial charge in [0.25, 0.3) is 0 Å². The van der Waals surface area contributed by atoms with Crippen LogP contribution in [0.2, 0.25) is 0 Å². The molecule has 0 bridgehead atoms. The third-order valence-corrected chi connectivity index (χ3v) is 5.15. The number of ether oxygens (including phenoxy) is 3. The minimum Gasteiger partial charge on any atom is -0.481 e. The standard InChI is InChI=1S/C19H30N4O4/c1-3-10-27-16-5-4-14(18(24)23-8-11-26-12-9-23)13-15(16)21-19-20-7-6-17(22-19)25-2/h6-7,14-16H,3-5,8-13H2,1-2H3,(H,20,21,22)/t14-,15+,16+/m0/s1. The molecule has 1 aromatic heterocycles. The number of carbonyl (C=O) groups excluding carboxylic acids is 1. The quantitative estimate of drug-likeness (QED) is 0.773. The average Bonchev–Trinajstić information content (AvgIpc) is 2.73. The Morgan fingerprint density at radius 3 is 2.93 bits per heavy atom. The first kappa shape index (κ1) is 19.8. The predicted molar refractivity (Wildman–Crippen MR) is 101 cm³/mol. The second kappa shape index (κ2) is 9.85. The van der Waals surface area contributed by atoms with E-state index in [1.807, 2.05) is 4.90 Å². The van der Waals surface area contributed by atoms with E-state index in [1.165, 1.54) is 0 Å². The molecular weight excluding hydrogens is 348 g/mol. The number of morpholine rings is 1. The van der Waals surface area contributed by atoms with E-state index in [1.54, 1.807) is 19.4 Å². The van der Waals surface area contributed by atoms with Crippen molar-refractivity contribution < 1.29 is 19.0 Å². The number of rotatable bonds is 7. The molecule has 3 atom stereocenters. The van der Waals surface area contributed by atoms with Gasteiger partial charge in [-0.05, 0) is 25.7 Å². The monoisotopic (exact) mass is 378 g/mol. The van der Waals surface area contributed by atoms with E-state index in [4.69, 9.17) is 14.2 Å². The summed E-state index contributed by atoms with van der Waals surface area (Å²) in [5.41, 5.74) is 0. The van der Waals surface area contributed by atoms with Crippen molar-refractivity contribution in [3.8, 4) is 5.88 Å². The second-order valence-electron chi connectivity index (χ2n) is 7.03. The lowest BCUT2D eigenvalue weighted by molar-refractivity contribution is -0.142. The topological polar surface area (TPSA) is 85.8 Å². The van der Waals surface area contributed by atoms with Crippen LogP contribution in [0.15, 0.2) is 12.3 Å². The fourth-order valence-electron chi connectivity index (χ4n) is 3.72. The van der Waals surface area contributed by atoms with Crippen LogP contribution in [0.5, 0.6) is 5.88 Å². The SMILES string of the molecule is CCCO[C@@H]1CC[C@H](C(=O)N2CCOCC2)C[C@H]1Nc1nccc(OC)n1. The van der Waals surface area contributed by atoms with Crippen LogP contribution in [0, 0.1) is 5.92 Å². The van der Waals surface area contributed by atoms with Crippen LogP contribution in [0.3, 0.4) is 0 Å². The molecule has 2 fully saturated rings. The second-order valence-corrected chi connectivity index (χ2v) is 7.03. The molecule has 0 aromatic carbocycles. The first-order valence-corrected chi connectivity index (χ1v) is 9.83. The van der Waals surface area contributed by atoms with Gasteiger partial charge in [-0.2, -0.15) is 4.98 Å². The Labute approximate surface area is 160 Å². The maximum Gasteiger partial charge on any atom is 0.226 e. The first-order valence-electron chi connectivity index (χ1n) is 9.83. The number of anilines is 1. The lowest BCUT2D eigenvalue weighted by Crippen LogP contribution is -2.49. The van der Waals surface area contributed by atoms with Gasteiger partial charge in [0.15, 0.2) is 0 Å². The number of nitrogens with zero attached hydrogens (tertiary/aromatic N) is 3. The Kier molecular flexibility index (Phi) is 7.23. The van der Waals surface area contributed by atoms with Gasteiger partial charge in [0.05, 0.1) is 32.5 Å². The van der Waals surface area contributed by atoms with E-state index >= 15 is 0 Å². The lowest BCUT2D eigenvalue weighted by atomic mass is 9.82. The number of amides is 1. The van der Waals surface area contributed by atoms with Crippen molar-refractivity contribution in [2.24, 2.45) is 5.92 Å². The number of hydrogen-bond acceptors (Lipinski definition) is 7. The van der Waals surface area contributed by atoms with Crippen LogP contribution >= 0.6 is 0 Å². The number of hydrogen-bond donors (Lipinski definition) is 1. The zero-order valence-electron chi connectivity index (χ0n) is 16.2. The third kappa shape index (κ3) is 5.29. The molecule has 1 amide bonds. The summed E-state index contributed by atoms with van der Waals surface area (Å²) in [4.78, 5) is 23.5. The molecule has 1 saturated carbocycles. The van der Waals surface area contributed by atoms with Gasteiger partial charge in [0.2, 0.25) is 17.7 Å². The van der Waals surface area contributed by atoms with Gasteiger partial charge >= 0.3 is 0 Å². The fourth-order valence-corrected chi connectivity index (χ4v) is 3.72. The van der Waals surface area contributed by atoms with Crippen LogP contribution in [0.1, 0.15) is 32.6 Å². The summed E-state index contributed by atoms with van der Waals surface area (Å²) in [6.07, 6.45) is 5.09. The molecule has 0 unspecified atom stereocenters. The van der Waals surface area contributed by atoms with Gasteiger partial charge in [0.1, 0.15) is 0 Å². The van der Waals surface area contributed by atoms with Crippen molar-refractivity contribution in [1.82, 2.24) is 14.9 Å². The normalized spacial score (nSPS) is 25.9. The predicted octanol–water partition coefficient (Wildman–Crippen LogP) is 1.72. The zero-order valence-corrected chi connectivity index (χ0v) is 16.2. The maximum absolute atomic E-state index is 12.9. The molecule has 1 saturated heterocycles. The molecule has 27 heavy (non-hydrogen) atoms. The zero-order chi connectivity index (χ0) is 19.1. The molecule has 0 spiro atoms. The molecule has 1 N–H and O–H groups in total. The lowest BCUT2D eigenvalue weighted by Gasteiger charge is -2.38. The summed E-state index contributed by atoms with van der Waals surface area (Å²) in [6.45, 7) is 5.43. The number of carbonyl (C=O) groups is 1. The van der Waals surface area contributed by atoms with Gasteiger partial charge < -0.3 is 24.4 Å². The molecule has 1 aliphatic heterocycles. The fraction of sp³-hybridized carbons (Fsp3) is 0.737.